The summed E-state index contributed by atoms with van der Waals surface area (Å²) in [6.07, 6.45) is 1.59. The zero-order chi connectivity index (χ0) is 22.7. The first kappa shape index (κ1) is 21.0. The Morgan fingerprint density at radius 1 is 0.938 bits per heavy atom. The van der Waals surface area contributed by atoms with E-state index in [2.05, 4.69) is 10.3 Å². The predicted octanol–water partition coefficient (Wildman–Crippen LogP) is 3.63. The minimum Gasteiger partial charge on any atom is -0.493 e. The first-order chi connectivity index (χ1) is 15.5. The first-order valence-corrected chi connectivity index (χ1v) is 9.77. The second-order valence-corrected chi connectivity index (χ2v) is 6.97. The van der Waals surface area contributed by atoms with Crippen LogP contribution in [0.3, 0.4) is 0 Å². The molecule has 0 bridgehead atoms. The van der Waals surface area contributed by atoms with Crippen LogP contribution in [0.4, 0.5) is 10.1 Å². The standard InChI is InChI=1S/C24H20FN3O4/c1-31-19-10-9-15(12-20(19)32-2)21-22(27-17-8-5-6-16(25)13-17)24(30)28(23(21)29)14-18-7-3-4-11-26-18/h3-13,27H,14H2,1-2H3. The predicted molar refractivity (Wildman–Crippen MR) is 116 cm³/mol. The summed E-state index contributed by atoms with van der Waals surface area (Å²) in [6, 6.07) is 15.9. The zero-order valence-corrected chi connectivity index (χ0v) is 17.5. The number of benzene rings is 2. The molecule has 2 amide bonds. The largest absolute Gasteiger partial charge is 0.493 e. The van der Waals surface area contributed by atoms with Crippen LogP contribution in [-0.2, 0) is 16.1 Å². The molecule has 7 nitrogen and oxygen atoms in total. The van der Waals surface area contributed by atoms with Gasteiger partial charge in [-0.2, -0.15) is 0 Å². The molecule has 1 aliphatic heterocycles. The number of pyridine rings is 1. The van der Waals surface area contributed by atoms with Gasteiger partial charge in [0.2, 0.25) is 0 Å². The van der Waals surface area contributed by atoms with E-state index in [-0.39, 0.29) is 17.8 Å². The number of ether oxygens (including phenoxy) is 2. The monoisotopic (exact) mass is 433 g/mol. The number of imide groups is 1. The number of rotatable bonds is 7. The molecule has 1 aromatic heterocycles. The normalized spacial score (nSPS) is 13.5. The van der Waals surface area contributed by atoms with Crippen LogP contribution in [0, 0.1) is 5.82 Å². The van der Waals surface area contributed by atoms with Gasteiger partial charge >= 0.3 is 0 Å². The van der Waals surface area contributed by atoms with Crippen molar-refractivity contribution in [3.05, 3.63) is 89.6 Å². The summed E-state index contributed by atoms with van der Waals surface area (Å²) in [7, 11) is 2.99. The molecule has 0 fully saturated rings. The maximum atomic E-state index is 13.7. The lowest BCUT2D eigenvalue weighted by Crippen LogP contribution is -2.32. The minimum absolute atomic E-state index is 0.00360. The number of carbonyl (C=O) groups excluding carboxylic acids is 2. The van der Waals surface area contributed by atoms with Crippen molar-refractivity contribution in [2.24, 2.45) is 0 Å². The number of nitrogens with one attached hydrogen (secondary N) is 1. The average Bonchev–Trinajstić information content (AvgIpc) is 3.03. The van der Waals surface area contributed by atoms with Crippen LogP contribution in [0.15, 0.2) is 72.6 Å². The molecule has 4 rings (SSSR count). The number of anilines is 1. The Morgan fingerprint density at radius 3 is 2.44 bits per heavy atom. The number of methoxy groups -OCH3 is 2. The van der Waals surface area contributed by atoms with Crippen molar-refractivity contribution in [3.63, 3.8) is 0 Å². The highest BCUT2D eigenvalue weighted by Gasteiger charge is 2.39. The molecule has 0 aliphatic carbocycles. The topological polar surface area (TPSA) is 80.8 Å². The minimum atomic E-state index is -0.533. The van der Waals surface area contributed by atoms with Gasteiger partial charge in [-0.1, -0.05) is 18.2 Å². The molecule has 1 aliphatic rings. The highest BCUT2D eigenvalue weighted by Crippen LogP contribution is 2.36. The maximum Gasteiger partial charge on any atom is 0.278 e. The molecule has 32 heavy (non-hydrogen) atoms. The molecule has 0 atom stereocenters. The van der Waals surface area contributed by atoms with Gasteiger partial charge in [-0.3, -0.25) is 19.5 Å². The van der Waals surface area contributed by atoms with Crippen molar-refractivity contribution in [3.8, 4) is 11.5 Å². The van der Waals surface area contributed by atoms with Crippen LogP contribution in [0.5, 0.6) is 11.5 Å². The van der Waals surface area contributed by atoms with Gasteiger partial charge in [-0.05, 0) is 48.0 Å². The van der Waals surface area contributed by atoms with Gasteiger partial charge in [0.25, 0.3) is 11.8 Å². The van der Waals surface area contributed by atoms with E-state index in [0.29, 0.717) is 28.4 Å². The summed E-state index contributed by atoms with van der Waals surface area (Å²) in [5, 5.41) is 2.93. The third-order valence-electron chi connectivity index (χ3n) is 4.98. The van der Waals surface area contributed by atoms with Crippen LogP contribution in [-0.4, -0.2) is 35.9 Å². The third-order valence-corrected chi connectivity index (χ3v) is 4.98. The van der Waals surface area contributed by atoms with E-state index < -0.39 is 17.6 Å². The van der Waals surface area contributed by atoms with E-state index >= 15 is 0 Å². The van der Waals surface area contributed by atoms with E-state index in [0.717, 1.165) is 4.90 Å². The van der Waals surface area contributed by atoms with Crippen molar-refractivity contribution < 1.29 is 23.5 Å². The van der Waals surface area contributed by atoms with Crippen LogP contribution in [0.2, 0.25) is 0 Å². The summed E-state index contributed by atoms with van der Waals surface area (Å²) in [6.45, 7) is 0.00360. The van der Waals surface area contributed by atoms with Crippen LogP contribution < -0.4 is 14.8 Å². The fraction of sp³-hybridized carbons (Fsp3) is 0.125. The lowest BCUT2D eigenvalue weighted by atomic mass is 10.0. The van der Waals surface area contributed by atoms with Gasteiger partial charge < -0.3 is 14.8 Å². The molecule has 2 aromatic carbocycles. The smallest absolute Gasteiger partial charge is 0.278 e. The van der Waals surface area contributed by atoms with Crippen molar-refractivity contribution in [2.45, 2.75) is 6.54 Å². The molecular weight excluding hydrogens is 413 g/mol. The van der Waals surface area contributed by atoms with Gasteiger partial charge in [-0.15, -0.1) is 0 Å². The summed E-state index contributed by atoms with van der Waals surface area (Å²) in [5.74, 6) is -0.600. The summed E-state index contributed by atoms with van der Waals surface area (Å²) >= 11 is 0. The van der Waals surface area contributed by atoms with Gasteiger partial charge in [0, 0.05) is 11.9 Å². The number of amides is 2. The van der Waals surface area contributed by atoms with Gasteiger partial charge in [0.15, 0.2) is 11.5 Å². The average molecular weight is 433 g/mol. The van der Waals surface area contributed by atoms with Crippen LogP contribution >= 0.6 is 0 Å². The molecule has 0 saturated carbocycles. The van der Waals surface area contributed by atoms with Crippen LogP contribution in [0.1, 0.15) is 11.3 Å². The van der Waals surface area contributed by atoms with E-state index in [9.17, 15) is 14.0 Å². The summed E-state index contributed by atoms with van der Waals surface area (Å²) in [5.41, 5.74) is 1.56. The van der Waals surface area contributed by atoms with E-state index in [4.69, 9.17) is 9.47 Å². The number of hydrogen-bond acceptors (Lipinski definition) is 6. The molecule has 0 saturated heterocycles. The second kappa shape index (κ2) is 8.89. The van der Waals surface area contributed by atoms with Gasteiger partial charge in [0.05, 0.1) is 32.0 Å². The molecule has 0 spiro atoms. The van der Waals surface area contributed by atoms with E-state index in [1.807, 2.05) is 0 Å². The quantitative estimate of drug-likeness (QED) is 0.573. The Labute approximate surface area is 184 Å². The molecule has 0 unspecified atom stereocenters. The third kappa shape index (κ3) is 4.02. The second-order valence-electron chi connectivity index (χ2n) is 6.97. The number of hydrogen-bond donors (Lipinski definition) is 1. The Hall–Kier alpha value is -4.20. The fourth-order valence-corrected chi connectivity index (χ4v) is 3.46. The summed E-state index contributed by atoms with van der Waals surface area (Å²) in [4.78, 5) is 32.0. The Bertz CT molecular complexity index is 1210. The highest BCUT2D eigenvalue weighted by atomic mass is 19.1. The number of aromatic nitrogens is 1. The molecule has 1 N–H and O–H groups in total. The molecular formula is C24H20FN3O4. The van der Waals surface area contributed by atoms with Crippen molar-refractivity contribution in [1.29, 1.82) is 0 Å². The molecule has 3 aromatic rings. The first-order valence-electron chi connectivity index (χ1n) is 9.77. The molecule has 0 radical (unpaired) electrons. The lowest BCUT2D eigenvalue weighted by molar-refractivity contribution is -0.137. The Balaban J connectivity index is 1.79. The van der Waals surface area contributed by atoms with Gasteiger partial charge in [0.1, 0.15) is 11.5 Å². The summed E-state index contributed by atoms with van der Waals surface area (Å²) < 4.78 is 24.3. The van der Waals surface area contributed by atoms with E-state index in [1.165, 1.54) is 32.4 Å². The zero-order valence-electron chi connectivity index (χ0n) is 17.5. The molecule has 8 heteroatoms. The van der Waals surface area contributed by atoms with E-state index in [1.54, 1.807) is 48.7 Å². The maximum absolute atomic E-state index is 13.7. The number of halogens is 1. The SMILES string of the molecule is COc1ccc(C2=C(Nc3cccc(F)c3)C(=O)N(Cc3ccccn3)C2=O)cc1OC. The van der Waals surface area contributed by atoms with Crippen LogP contribution in [0.25, 0.3) is 5.57 Å². The Kier molecular flexibility index (Phi) is 5.85. The molecule has 2 heterocycles. The van der Waals surface area contributed by atoms with Gasteiger partial charge in [-0.25, -0.2) is 4.39 Å². The fourth-order valence-electron chi connectivity index (χ4n) is 3.46. The Morgan fingerprint density at radius 2 is 1.75 bits per heavy atom. The lowest BCUT2D eigenvalue weighted by Gasteiger charge is -2.15. The highest BCUT2D eigenvalue weighted by molar-refractivity contribution is 6.36. The van der Waals surface area contributed by atoms with Crippen molar-refractivity contribution in [2.75, 3.05) is 19.5 Å². The number of nitrogens with zero attached hydrogens (tertiary/aromatic N) is 2. The number of carbonyl (C=O) groups is 2. The molecule has 162 valence electrons. The van der Waals surface area contributed by atoms with Crippen molar-refractivity contribution >= 4 is 23.1 Å². The van der Waals surface area contributed by atoms with Crippen molar-refractivity contribution in [1.82, 2.24) is 9.88 Å².